The van der Waals surface area contributed by atoms with E-state index < -0.39 is 11.9 Å². The van der Waals surface area contributed by atoms with E-state index in [4.69, 9.17) is 9.84 Å². The maximum atomic E-state index is 12.5. The van der Waals surface area contributed by atoms with Crippen LogP contribution in [0.2, 0.25) is 0 Å². The van der Waals surface area contributed by atoms with Crippen LogP contribution in [0.3, 0.4) is 0 Å². The molecule has 0 spiro atoms. The Morgan fingerprint density at radius 3 is 2.81 bits per heavy atom. The average molecular weight is 289 g/mol. The summed E-state index contributed by atoms with van der Waals surface area (Å²) in [7, 11) is 1.62. The van der Waals surface area contributed by atoms with Crippen LogP contribution in [0.15, 0.2) is 24.3 Å². The lowest BCUT2D eigenvalue weighted by Gasteiger charge is -2.25. The molecule has 0 aromatic heterocycles. The summed E-state index contributed by atoms with van der Waals surface area (Å²) in [6.45, 7) is 0.712. The number of hydrogen-bond acceptors (Lipinski definition) is 3. The summed E-state index contributed by atoms with van der Waals surface area (Å²) in [5.41, 5.74) is 1.06. The largest absolute Gasteiger partial charge is 0.497 e. The first-order valence-corrected chi connectivity index (χ1v) is 7.29. The van der Waals surface area contributed by atoms with Gasteiger partial charge in [-0.05, 0) is 37.0 Å². The van der Waals surface area contributed by atoms with Gasteiger partial charge in [-0.1, -0.05) is 12.1 Å². The van der Waals surface area contributed by atoms with E-state index in [-0.39, 0.29) is 17.9 Å². The molecule has 2 fully saturated rings. The van der Waals surface area contributed by atoms with E-state index in [1.54, 1.807) is 7.11 Å². The topological polar surface area (TPSA) is 66.8 Å². The predicted octanol–water partition coefficient (Wildman–Crippen LogP) is 2.08. The Balaban J connectivity index is 1.76. The Kier molecular flexibility index (Phi) is 3.57. The maximum absolute atomic E-state index is 12.5. The average Bonchev–Trinajstić information content (AvgIpc) is 3.16. The molecule has 1 amide bonds. The molecule has 2 aliphatic rings. The number of amides is 1. The number of rotatable bonds is 4. The number of carbonyl (C=O) groups is 2. The molecule has 1 N–H and O–H groups in total. The zero-order chi connectivity index (χ0) is 15.0. The molecule has 1 aliphatic heterocycles. The Labute approximate surface area is 123 Å². The molecule has 0 bridgehead atoms. The molecule has 5 heteroatoms. The molecule has 1 aromatic rings. The van der Waals surface area contributed by atoms with Gasteiger partial charge in [-0.3, -0.25) is 9.59 Å². The zero-order valence-electron chi connectivity index (χ0n) is 12.0. The highest BCUT2D eigenvalue weighted by molar-refractivity contribution is 5.89. The lowest BCUT2D eigenvalue weighted by Crippen LogP contribution is -2.32. The van der Waals surface area contributed by atoms with Crippen LogP contribution < -0.4 is 4.74 Å². The van der Waals surface area contributed by atoms with Gasteiger partial charge in [0.15, 0.2) is 0 Å². The third-order valence-corrected chi connectivity index (χ3v) is 4.44. The van der Waals surface area contributed by atoms with Gasteiger partial charge >= 0.3 is 5.97 Å². The third-order valence-electron chi connectivity index (χ3n) is 4.44. The summed E-state index contributed by atoms with van der Waals surface area (Å²) in [6, 6.07) is 7.80. The highest BCUT2D eigenvalue weighted by Crippen LogP contribution is 2.43. The number of hydrogen-bond donors (Lipinski definition) is 1. The molecule has 3 atom stereocenters. The first-order valence-electron chi connectivity index (χ1n) is 7.29. The van der Waals surface area contributed by atoms with E-state index >= 15 is 0 Å². The van der Waals surface area contributed by atoms with Crippen molar-refractivity contribution >= 4 is 11.9 Å². The number of aliphatic carboxylic acids is 1. The summed E-state index contributed by atoms with van der Waals surface area (Å²) in [5.74, 6) is -0.891. The molecule has 0 radical (unpaired) electrons. The second-order valence-corrected chi connectivity index (χ2v) is 5.75. The van der Waals surface area contributed by atoms with Crippen molar-refractivity contribution in [3.63, 3.8) is 0 Å². The van der Waals surface area contributed by atoms with Gasteiger partial charge in [0.05, 0.1) is 25.0 Å². The predicted molar refractivity (Wildman–Crippen MR) is 75.9 cm³/mol. The number of carboxylic acid groups (broad SMARTS) is 1. The van der Waals surface area contributed by atoms with Gasteiger partial charge in [-0.2, -0.15) is 0 Å². The number of ether oxygens (including phenoxy) is 1. The second kappa shape index (κ2) is 5.39. The monoisotopic (exact) mass is 289 g/mol. The van der Waals surface area contributed by atoms with E-state index in [1.807, 2.05) is 29.2 Å². The van der Waals surface area contributed by atoms with Crippen molar-refractivity contribution in [1.82, 2.24) is 4.90 Å². The SMILES string of the molecule is COc1cccc(C2CCCN2C(=O)C2CC2C(=O)O)c1. The van der Waals surface area contributed by atoms with Crippen molar-refractivity contribution in [2.45, 2.75) is 25.3 Å². The highest BCUT2D eigenvalue weighted by Gasteiger charge is 2.51. The summed E-state index contributed by atoms with van der Waals surface area (Å²) < 4.78 is 5.24. The number of nitrogens with zero attached hydrogens (tertiary/aromatic N) is 1. The van der Waals surface area contributed by atoms with Crippen LogP contribution in [-0.2, 0) is 9.59 Å². The fraction of sp³-hybridized carbons (Fsp3) is 0.500. The molecule has 5 nitrogen and oxygen atoms in total. The lowest BCUT2D eigenvalue weighted by atomic mass is 10.0. The van der Waals surface area contributed by atoms with Crippen LogP contribution in [0.25, 0.3) is 0 Å². The zero-order valence-corrected chi connectivity index (χ0v) is 12.0. The van der Waals surface area contributed by atoms with Crippen molar-refractivity contribution in [2.75, 3.05) is 13.7 Å². The number of benzene rings is 1. The fourth-order valence-electron chi connectivity index (χ4n) is 3.18. The van der Waals surface area contributed by atoms with Crippen molar-refractivity contribution < 1.29 is 19.4 Å². The molecule has 1 aliphatic carbocycles. The normalized spacial score (nSPS) is 27.5. The third kappa shape index (κ3) is 2.60. The van der Waals surface area contributed by atoms with E-state index in [0.717, 1.165) is 24.2 Å². The van der Waals surface area contributed by atoms with Crippen molar-refractivity contribution in [2.24, 2.45) is 11.8 Å². The first-order chi connectivity index (χ1) is 10.1. The summed E-state index contributed by atoms with van der Waals surface area (Å²) in [6.07, 6.45) is 2.36. The Morgan fingerprint density at radius 2 is 2.14 bits per heavy atom. The molecule has 21 heavy (non-hydrogen) atoms. The summed E-state index contributed by atoms with van der Waals surface area (Å²) in [4.78, 5) is 25.3. The minimum absolute atomic E-state index is 0.00674. The van der Waals surface area contributed by atoms with E-state index in [0.29, 0.717) is 13.0 Å². The highest BCUT2D eigenvalue weighted by atomic mass is 16.5. The molecule has 1 aromatic carbocycles. The lowest BCUT2D eigenvalue weighted by molar-refractivity contribution is -0.142. The Morgan fingerprint density at radius 1 is 1.33 bits per heavy atom. The van der Waals surface area contributed by atoms with Crippen LogP contribution in [0, 0.1) is 11.8 Å². The van der Waals surface area contributed by atoms with Gasteiger partial charge in [0.25, 0.3) is 0 Å². The van der Waals surface area contributed by atoms with E-state index in [1.165, 1.54) is 0 Å². The van der Waals surface area contributed by atoms with Crippen molar-refractivity contribution in [3.8, 4) is 5.75 Å². The minimum atomic E-state index is -0.856. The first kappa shape index (κ1) is 13.9. The molecule has 1 saturated heterocycles. The van der Waals surface area contributed by atoms with Crippen LogP contribution in [0.4, 0.5) is 0 Å². The number of carboxylic acids is 1. The smallest absolute Gasteiger partial charge is 0.307 e. The van der Waals surface area contributed by atoms with Gasteiger partial charge in [0, 0.05) is 6.54 Å². The number of likely N-dealkylation sites (tertiary alicyclic amines) is 1. The van der Waals surface area contributed by atoms with Gasteiger partial charge in [0.1, 0.15) is 5.75 Å². The number of methoxy groups -OCH3 is 1. The van der Waals surface area contributed by atoms with E-state index in [9.17, 15) is 9.59 Å². The molecular weight excluding hydrogens is 270 g/mol. The van der Waals surface area contributed by atoms with Gasteiger partial charge in [0.2, 0.25) is 5.91 Å². The minimum Gasteiger partial charge on any atom is -0.497 e. The van der Waals surface area contributed by atoms with Crippen LogP contribution >= 0.6 is 0 Å². The molecular formula is C16H19NO4. The Hall–Kier alpha value is -2.04. The quantitative estimate of drug-likeness (QED) is 0.921. The van der Waals surface area contributed by atoms with E-state index in [2.05, 4.69) is 0 Å². The molecule has 1 heterocycles. The molecule has 3 unspecified atom stereocenters. The molecule has 112 valence electrons. The van der Waals surface area contributed by atoms with Crippen molar-refractivity contribution in [1.29, 1.82) is 0 Å². The Bertz CT molecular complexity index is 571. The van der Waals surface area contributed by atoms with Crippen LogP contribution in [-0.4, -0.2) is 35.5 Å². The fourth-order valence-corrected chi connectivity index (χ4v) is 3.18. The van der Waals surface area contributed by atoms with Gasteiger partial charge in [-0.15, -0.1) is 0 Å². The molecule has 3 rings (SSSR count). The summed E-state index contributed by atoms with van der Waals surface area (Å²) in [5, 5.41) is 8.98. The van der Waals surface area contributed by atoms with Gasteiger partial charge < -0.3 is 14.7 Å². The van der Waals surface area contributed by atoms with Crippen LogP contribution in [0.1, 0.15) is 30.9 Å². The molecule has 1 saturated carbocycles. The number of carbonyl (C=O) groups excluding carboxylic acids is 1. The summed E-state index contributed by atoms with van der Waals surface area (Å²) >= 11 is 0. The second-order valence-electron chi connectivity index (χ2n) is 5.75. The van der Waals surface area contributed by atoms with Gasteiger partial charge in [-0.25, -0.2) is 0 Å². The standard InChI is InChI=1S/C16H19NO4/c1-21-11-5-2-4-10(8-11)14-6-3-7-17(14)15(18)12-9-13(12)16(19)20/h2,4-5,8,12-14H,3,6-7,9H2,1H3,(H,19,20). The van der Waals surface area contributed by atoms with Crippen LogP contribution in [0.5, 0.6) is 5.75 Å². The van der Waals surface area contributed by atoms with Crippen molar-refractivity contribution in [3.05, 3.63) is 29.8 Å². The maximum Gasteiger partial charge on any atom is 0.307 e.